The van der Waals surface area contributed by atoms with Crippen molar-refractivity contribution < 1.29 is 28.8 Å². The summed E-state index contributed by atoms with van der Waals surface area (Å²) in [5, 5.41) is 18.9. The lowest BCUT2D eigenvalue weighted by Crippen LogP contribution is -2.25. The fourth-order valence-electron chi connectivity index (χ4n) is 4.69. The van der Waals surface area contributed by atoms with E-state index in [4.69, 9.17) is 20.3 Å². The molecule has 1 aliphatic rings. The molecule has 210 valence electrons. The molecule has 0 spiro atoms. The number of ketones is 1. The summed E-state index contributed by atoms with van der Waals surface area (Å²) in [5.74, 6) is -0.0707. The third-order valence-electron chi connectivity index (χ3n) is 6.61. The molecule has 3 N–H and O–H groups in total. The van der Waals surface area contributed by atoms with Gasteiger partial charge in [0.25, 0.3) is 5.69 Å². The summed E-state index contributed by atoms with van der Waals surface area (Å²) >= 11 is 0. The summed E-state index contributed by atoms with van der Waals surface area (Å²) in [6.45, 7) is 7.41. The molecule has 3 aromatic rings. The second-order valence-corrected chi connectivity index (χ2v) is 10.7. The van der Waals surface area contributed by atoms with Gasteiger partial charge in [0.15, 0.2) is 5.78 Å². The maximum Gasteiger partial charge on any atom is 0.514 e. The van der Waals surface area contributed by atoms with Gasteiger partial charge in [-0.25, -0.2) is 9.48 Å². The van der Waals surface area contributed by atoms with Crippen LogP contribution in [0.15, 0.2) is 48.5 Å². The number of ether oxygens (including phenoxy) is 2. The highest BCUT2D eigenvalue weighted by molar-refractivity contribution is 6.07. The van der Waals surface area contributed by atoms with Crippen molar-refractivity contribution in [1.82, 2.24) is 9.78 Å². The lowest BCUT2D eigenvalue weighted by Gasteiger charge is -2.23. The van der Waals surface area contributed by atoms with Gasteiger partial charge in [0.05, 0.1) is 21.7 Å². The van der Waals surface area contributed by atoms with Crippen molar-refractivity contribution in [2.45, 2.75) is 64.5 Å². The Morgan fingerprint density at radius 1 is 1.07 bits per heavy atom. The number of Topliss-reactive ketones (excluding diaryl/α,β-unsaturated/α-hetero) is 1. The van der Waals surface area contributed by atoms with Crippen LogP contribution in [0.1, 0.15) is 79.3 Å². The molecule has 4 rings (SSSR count). The SMILES string of the molecule is CC(=O)c1ccc(Nc2cc([C@H]3CC[C@@H](OC(=O)Oc4ccc([N+](=O)[O-])cc4)C3)nn2C(C)(C)C)cc1C(N)=O. The molecule has 0 bridgehead atoms. The van der Waals surface area contributed by atoms with Crippen molar-refractivity contribution in [2.75, 3.05) is 5.32 Å². The second kappa shape index (κ2) is 11.2. The Hall–Kier alpha value is -4.74. The number of primary amides is 1. The van der Waals surface area contributed by atoms with Crippen LogP contribution in [-0.4, -0.2) is 38.7 Å². The molecule has 1 heterocycles. The highest BCUT2D eigenvalue weighted by atomic mass is 16.7. The number of non-ortho nitro benzene ring substituents is 1. The van der Waals surface area contributed by atoms with Gasteiger partial charge < -0.3 is 20.5 Å². The first-order chi connectivity index (χ1) is 18.8. The van der Waals surface area contributed by atoms with E-state index >= 15 is 0 Å². The number of hydrogen-bond acceptors (Lipinski definition) is 9. The highest BCUT2D eigenvalue weighted by Gasteiger charge is 2.32. The van der Waals surface area contributed by atoms with Crippen molar-refractivity contribution >= 4 is 35.0 Å². The number of carbonyl (C=O) groups is 3. The average Bonchev–Trinajstić information content (AvgIpc) is 3.51. The fraction of sp³-hybridized carbons (Fsp3) is 0.357. The minimum Gasteiger partial charge on any atom is -0.431 e. The number of rotatable bonds is 8. The molecule has 1 fully saturated rings. The van der Waals surface area contributed by atoms with Crippen molar-refractivity contribution in [3.8, 4) is 5.75 Å². The first-order valence-electron chi connectivity index (χ1n) is 12.8. The molecular weight excluding hydrogens is 518 g/mol. The molecule has 12 heteroatoms. The van der Waals surface area contributed by atoms with Crippen LogP contribution < -0.4 is 15.8 Å². The second-order valence-electron chi connectivity index (χ2n) is 10.7. The van der Waals surface area contributed by atoms with E-state index < -0.39 is 17.0 Å². The van der Waals surface area contributed by atoms with Gasteiger partial charge in [0, 0.05) is 35.4 Å². The maximum atomic E-state index is 12.3. The molecule has 0 unspecified atom stereocenters. The van der Waals surface area contributed by atoms with Crippen LogP contribution >= 0.6 is 0 Å². The smallest absolute Gasteiger partial charge is 0.431 e. The number of nitrogens with zero attached hydrogens (tertiary/aromatic N) is 3. The van der Waals surface area contributed by atoms with Gasteiger partial charge in [-0.15, -0.1) is 0 Å². The monoisotopic (exact) mass is 549 g/mol. The lowest BCUT2D eigenvalue weighted by atomic mass is 10.0. The van der Waals surface area contributed by atoms with E-state index in [1.165, 1.54) is 31.2 Å². The number of nitro benzene ring substituents is 1. The van der Waals surface area contributed by atoms with E-state index in [1.807, 2.05) is 31.5 Å². The Balaban J connectivity index is 1.46. The maximum absolute atomic E-state index is 12.3. The highest BCUT2D eigenvalue weighted by Crippen LogP contribution is 2.38. The fourth-order valence-corrected chi connectivity index (χ4v) is 4.69. The van der Waals surface area contributed by atoms with Crippen molar-refractivity contribution in [1.29, 1.82) is 0 Å². The van der Waals surface area contributed by atoms with Crippen LogP contribution in [0.2, 0.25) is 0 Å². The van der Waals surface area contributed by atoms with Crippen LogP contribution in [0, 0.1) is 10.1 Å². The van der Waals surface area contributed by atoms with Crippen LogP contribution in [0.4, 0.5) is 22.0 Å². The zero-order chi connectivity index (χ0) is 29.2. The molecule has 0 aliphatic heterocycles. The number of benzene rings is 2. The molecule has 0 saturated heterocycles. The van der Waals surface area contributed by atoms with Crippen molar-refractivity contribution in [3.63, 3.8) is 0 Å². The minimum atomic E-state index is -0.874. The van der Waals surface area contributed by atoms with Gasteiger partial charge in [-0.1, -0.05) is 0 Å². The minimum absolute atomic E-state index is 0.0302. The summed E-state index contributed by atoms with van der Waals surface area (Å²) < 4.78 is 12.5. The molecule has 1 saturated carbocycles. The van der Waals surface area contributed by atoms with Gasteiger partial charge in [-0.2, -0.15) is 5.10 Å². The Morgan fingerprint density at radius 3 is 2.38 bits per heavy atom. The Kier molecular flexibility index (Phi) is 7.89. The summed E-state index contributed by atoms with van der Waals surface area (Å²) in [7, 11) is 0. The van der Waals surface area contributed by atoms with Gasteiger partial charge in [0.1, 0.15) is 17.7 Å². The molecule has 40 heavy (non-hydrogen) atoms. The van der Waals surface area contributed by atoms with Gasteiger partial charge >= 0.3 is 6.16 Å². The van der Waals surface area contributed by atoms with E-state index in [1.54, 1.807) is 18.2 Å². The van der Waals surface area contributed by atoms with Crippen LogP contribution in [0.25, 0.3) is 0 Å². The largest absolute Gasteiger partial charge is 0.514 e. The van der Waals surface area contributed by atoms with Crippen molar-refractivity contribution in [2.24, 2.45) is 5.73 Å². The molecule has 2 atom stereocenters. The molecule has 1 aliphatic carbocycles. The summed E-state index contributed by atoms with van der Waals surface area (Å²) in [6.07, 6.45) is 0.676. The molecule has 0 radical (unpaired) electrons. The Labute approximate surface area is 230 Å². The van der Waals surface area contributed by atoms with Gasteiger partial charge in [0.2, 0.25) is 5.91 Å². The van der Waals surface area contributed by atoms with E-state index in [9.17, 15) is 24.5 Å². The zero-order valence-corrected chi connectivity index (χ0v) is 22.7. The summed E-state index contributed by atoms with van der Waals surface area (Å²) in [4.78, 5) is 46.4. The third kappa shape index (κ3) is 6.45. The van der Waals surface area contributed by atoms with Crippen LogP contribution in [-0.2, 0) is 10.3 Å². The third-order valence-corrected chi connectivity index (χ3v) is 6.61. The number of anilines is 2. The predicted molar refractivity (Wildman–Crippen MR) is 146 cm³/mol. The first-order valence-corrected chi connectivity index (χ1v) is 12.8. The molecule has 1 aromatic heterocycles. The Bertz CT molecular complexity index is 1460. The van der Waals surface area contributed by atoms with Crippen LogP contribution in [0.5, 0.6) is 5.75 Å². The standard InChI is InChI=1S/C28H31N5O7/c1-16(34)22-12-6-18(14-23(22)26(29)35)30-25-15-24(31-32(25)28(2,3)4)17-5-9-21(13-17)40-27(36)39-20-10-7-19(8-11-20)33(37)38/h6-8,10-12,14-15,17,21,30H,5,9,13H2,1-4H3,(H2,29,35)/t17-,21+/m0/s1. The number of aromatic nitrogens is 2. The number of nitro groups is 1. The molecular formula is C28H31N5O7. The number of nitrogens with two attached hydrogens (primary N) is 1. The quantitative estimate of drug-likeness (QED) is 0.122. The van der Waals surface area contributed by atoms with Crippen LogP contribution in [0.3, 0.4) is 0 Å². The van der Waals surface area contributed by atoms with E-state index in [2.05, 4.69) is 5.32 Å². The number of carbonyl (C=O) groups excluding carboxylic acids is 3. The normalized spacial score (nSPS) is 16.8. The molecule has 1 amide bonds. The number of amides is 1. The van der Waals surface area contributed by atoms with Gasteiger partial charge in [-0.05, 0) is 77.3 Å². The molecule has 2 aromatic carbocycles. The molecule has 12 nitrogen and oxygen atoms in total. The van der Waals surface area contributed by atoms with E-state index in [0.29, 0.717) is 24.3 Å². The summed E-state index contributed by atoms with van der Waals surface area (Å²) in [6, 6.07) is 11.9. The zero-order valence-electron chi connectivity index (χ0n) is 22.7. The average molecular weight is 550 g/mol. The topological polar surface area (TPSA) is 169 Å². The van der Waals surface area contributed by atoms with E-state index in [0.717, 1.165) is 12.1 Å². The number of hydrogen-bond donors (Lipinski definition) is 2. The van der Waals surface area contributed by atoms with Gasteiger partial charge in [-0.3, -0.25) is 19.7 Å². The first kappa shape index (κ1) is 28.3. The van der Waals surface area contributed by atoms with Crippen molar-refractivity contribution in [3.05, 3.63) is 75.5 Å². The number of nitrogens with one attached hydrogen (secondary N) is 1. The lowest BCUT2D eigenvalue weighted by molar-refractivity contribution is -0.384. The Morgan fingerprint density at radius 2 is 1.77 bits per heavy atom. The van der Waals surface area contributed by atoms with E-state index in [-0.39, 0.29) is 45.9 Å². The predicted octanol–water partition coefficient (Wildman–Crippen LogP) is 5.44. The summed E-state index contributed by atoms with van der Waals surface area (Å²) in [5.41, 5.74) is 6.81.